The van der Waals surface area contributed by atoms with E-state index in [1.54, 1.807) is 6.20 Å². The Morgan fingerprint density at radius 2 is 1.79 bits per heavy atom. The molecule has 14 heavy (non-hydrogen) atoms. The molecule has 1 aromatic carbocycles. The van der Waals surface area contributed by atoms with E-state index in [0.29, 0.717) is 5.69 Å². The van der Waals surface area contributed by atoms with E-state index in [1.807, 2.05) is 36.4 Å². The summed E-state index contributed by atoms with van der Waals surface area (Å²) in [4.78, 5) is 4.24. The van der Waals surface area contributed by atoms with Gasteiger partial charge in [-0.05, 0) is 24.3 Å². The second kappa shape index (κ2) is 3.80. The molecular weight excluding hydrogens is 240 g/mol. The summed E-state index contributed by atoms with van der Waals surface area (Å²) in [5.41, 5.74) is 8.39. The first kappa shape index (κ1) is 9.21. The molecule has 1 aromatic heterocycles. The van der Waals surface area contributed by atoms with Crippen molar-refractivity contribution >= 4 is 21.6 Å². The molecule has 0 amide bonds. The highest BCUT2D eigenvalue weighted by Crippen LogP contribution is 2.24. The number of pyridine rings is 1. The Kier molecular flexibility index (Phi) is 2.50. The van der Waals surface area contributed by atoms with Crippen LogP contribution in [0.15, 0.2) is 47.1 Å². The molecule has 2 nitrogen and oxygen atoms in total. The van der Waals surface area contributed by atoms with Crippen molar-refractivity contribution in [3.8, 4) is 11.3 Å². The van der Waals surface area contributed by atoms with Crippen LogP contribution in [0.4, 0.5) is 5.69 Å². The largest absolute Gasteiger partial charge is 0.397 e. The number of anilines is 1. The number of nitrogen functional groups attached to an aromatic ring is 1. The molecule has 2 aromatic rings. The second-order valence-electron chi connectivity index (χ2n) is 2.95. The van der Waals surface area contributed by atoms with Gasteiger partial charge in [-0.2, -0.15) is 0 Å². The van der Waals surface area contributed by atoms with E-state index in [1.165, 1.54) is 0 Å². The molecular formula is C11H9BrN2. The average molecular weight is 249 g/mol. The van der Waals surface area contributed by atoms with Crippen molar-refractivity contribution in [2.45, 2.75) is 0 Å². The first-order valence-corrected chi connectivity index (χ1v) is 5.03. The Morgan fingerprint density at radius 1 is 1.07 bits per heavy atom. The predicted octanol–water partition coefficient (Wildman–Crippen LogP) is 3.09. The van der Waals surface area contributed by atoms with Gasteiger partial charge in [0.15, 0.2) is 0 Å². The molecule has 0 atom stereocenters. The molecule has 0 bridgehead atoms. The van der Waals surface area contributed by atoms with Crippen LogP contribution in [-0.2, 0) is 0 Å². The summed E-state index contributed by atoms with van der Waals surface area (Å²) in [6.07, 6.45) is 1.74. The molecule has 0 spiro atoms. The summed E-state index contributed by atoms with van der Waals surface area (Å²) in [6, 6.07) is 11.6. The minimum Gasteiger partial charge on any atom is -0.397 e. The van der Waals surface area contributed by atoms with Gasteiger partial charge in [-0.1, -0.05) is 28.1 Å². The summed E-state index contributed by atoms with van der Waals surface area (Å²) < 4.78 is 1.05. The van der Waals surface area contributed by atoms with Gasteiger partial charge in [0.2, 0.25) is 0 Å². The lowest BCUT2D eigenvalue weighted by atomic mass is 10.1. The number of aromatic nitrogens is 1. The normalized spacial score (nSPS) is 10.1. The third-order valence-electron chi connectivity index (χ3n) is 1.96. The van der Waals surface area contributed by atoms with E-state index in [2.05, 4.69) is 20.9 Å². The van der Waals surface area contributed by atoms with Gasteiger partial charge in [0.25, 0.3) is 0 Å². The molecule has 0 aliphatic heterocycles. The minimum absolute atomic E-state index is 0.704. The standard InChI is InChI=1S/C11H9BrN2/c12-9-5-3-8(4-6-9)11-10(13)2-1-7-14-11/h1-7H,13H2. The van der Waals surface area contributed by atoms with E-state index < -0.39 is 0 Å². The Labute approximate surface area is 90.9 Å². The minimum atomic E-state index is 0.704. The highest BCUT2D eigenvalue weighted by atomic mass is 79.9. The summed E-state index contributed by atoms with van der Waals surface area (Å²) in [7, 11) is 0. The van der Waals surface area contributed by atoms with Gasteiger partial charge < -0.3 is 5.73 Å². The van der Waals surface area contributed by atoms with Crippen LogP contribution in [0.3, 0.4) is 0 Å². The maximum Gasteiger partial charge on any atom is 0.0931 e. The first-order chi connectivity index (χ1) is 6.77. The quantitative estimate of drug-likeness (QED) is 0.843. The molecule has 0 aliphatic rings. The number of hydrogen-bond acceptors (Lipinski definition) is 2. The Bertz CT molecular complexity index is 437. The summed E-state index contributed by atoms with van der Waals surface area (Å²) >= 11 is 3.38. The number of nitrogens with two attached hydrogens (primary N) is 1. The molecule has 3 heteroatoms. The van der Waals surface area contributed by atoms with Crippen molar-refractivity contribution in [2.24, 2.45) is 0 Å². The van der Waals surface area contributed by atoms with E-state index >= 15 is 0 Å². The van der Waals surface area contributed by atoms with E-state index in [9.17, 15) is 0 Å². The topological polar surface area (TPSA) is 38.9 Å². The number of rotatable bonds is 1. The second-order valence-corrected chi connectivity index (χ2v) is 3.86. The number of nitrogens with zero attached hydrogens (tertiary/aromatic N) is 1. The lowest BCUT2D eigenvalue weighted by molar-refractivity contribution is 1.33. The Balaban J connectivity index is 2.50. The van der Waals surface area contributed by atoms with Crippen LogP contribution in [0.25, 0.3) is 11.3 Å². The van der Waals surface area contributed by atoms with Crippen molar-refractivity contribution in [2.75, 3.05) is 5.73 Å². The van der Waals surface area contributed by atoms with Crippen molar-refractivity contribution in [1.29, 1.82) is 0 Å². The van der Waals surface area contributed by atoms with Crippen LogP contribution in [0.5, 0.6) is 0 Å². The van der Waals surface area contributed by atoms with Gasteiger partial charge >= 0.3 is 0 Å². The molecule has 0 saturated carbocycles. The Morgan fingerprint density at radius 3 is 2.43 bits per heavy atom. The van der Waals surface area contributed by atoms with Crippen LogP contribution in [0.1, 0.15) is 0 Å². The maximum absolute atomic E-state index is 5.82. The van der Waals surface area contributed by atoms with Crippen LogP contribution in [-0.4, -0.2) is 4.98 Å². The number of halogens is 1. The van der Waals surface area contributed by atoms with Crippen LogP contribution >= 0.6 is 15.9 Å². The molecule has 0 aliphatic carbocycles. The number of hydrogen-bond donors (Lipinski definition) is 1. The smallest absolute Gasteiger partial charge is 0.0931 e. The molecule has 70 valence electrons. The fourth-order valence-corrected chi connectivity index (χ4v) is 1.53. The molecule has 0 radical (unpaired) electrons. The molecule has 1 heterocycles. The van der Waals surface area contributed by atoms with Crippen LogP contribution in [0, 0.1) is 0 Å². The van der Waals surface area contributed by atoms with E-state index in [0.717, 1.165) is 15.7 Å². The lowest BCUT2D eigenvalue weighted by Gasteiger charge is -2.03. The molecule has 0 unspecified atom stereocenters. The lowest BCUT2D eigenvalue weighted by Crippen LogP contribution is -1.91. The van der Waals surface area contributed by atoms with E-state index in [4.69, 9.17) is 5.73 Å². The third-order valence-corrected chi connectivity index (χ3v) is 2.49. The van der Waals surface area contributed by atoms with Gasteiger partial charge in [0.1, 0.15) is 0 Å². The zero-order chi connectivity index (χ0) is 9.97. The van der Waals surface area contributed by atoms with Crippen molar-refractivity contribution in [3.05, 3.63) is 47.1 Å². The summed E-state index contributed by atoms with van der Waals surface area (Å²) in [6.45, 7) is 0. The van der Waals surface area contributed by atoms with Crippen LogP contribution in [0.2, 0.25) is 0 Å². The molecule has 0 saturated heterocycles. The highest BCUT2D eigenvalue weighted by molar-refractivity contribution is 9.10. The zero-order valence-corrected chi connectivity index (χ0v) is 9.03. The van der Waals surface area contributed by atoms with Crippen molar-refractivity contribution in [3.63, 3.8) is 0 Å². The van der Waals surface area contributed by atoms with Gasteiger partial charge in [-0.3, -0.25) is 4.98 Å². The predicted molar refractivity (Wildman–Crippen MR) is 61.8 cm³/mol. The Hall–Kier alpha value is -1.35. The first-order valence-electron chi connectivity index (χ1n) is 4.24. The summed E-state index contributed by atoms with van der Waals surface area (Å²) in [5.74, 6) is 0. The number of benzene rings is 1. The van der Waals surface area contributed by atoms with Crippen molar-refractivity contribution in [1.82, 2.24) is 4.98 Å². The SMILES string of the molecule is Nc1cccnc1-c1ccc(Br)cc1. The van der Waals surface area contributed by atoms with Gasteiger partial charge in [0.05, 0.1) is 11.4 Å². The maximum atomic E-state index is 5.82. The van der Waals surface area contributed by atoms with Crippen LogP contribution < -0.4 is 5.73 Å². The van der Waals surface area contributed by atoms with Gasteiger partial charge in [-0.25, -0.2) is 0 Å². The van der Waals surface area contributed by atoms with Gasteiger partial charge in [0, 0.05) is 16.2 Å². The molecule has 2 rings (SSSR count). The fraction of sp³-hybridized carbons (Fsp3) is 0. The average Bonchev–Trinajstić information content (AvgIpc) is 2.20. The monoisotopic (exact) mass is 248 g/mol. The highest BCUT2D eigenvalue weighted by Gasteiger charge is 2.01. The molecule has 2 N–H and O–H groups in total. The summed E-state index contributed by atoms with van der Waals surface area (Å²) in [5, 5.41) is 0. The van der Waals surface area contributed by atoms with Crippen molar-refractivity contribution < 1.29 is 0 Å². The zero-order valence-electron chi connectivity index (χ0n) is 7.44. The van der Waals surface area contributed by atoms with Gasteiger partial charge in [-0.15, -0.1) is 0 Å². The fourth-order valence-electron chi connectivity index (χ4n) is 1.27. The third kappa shape index (κ3) is 1.77. The molecule has 0 fully saturated rings. The van der Waals surface area contributed by atoms with E-state index in [-0.39, 0.29) is 0 Å².